The molecule has 0 saturated carbocycles. The minimum Gasteiger partial charge on any atom is -0.463 e. The summed E-state index contributed by atoms with van der Waals surface area (Å²) in [5.41, 5.74) is 0. The lowest BCUT2D eigenvalue weighted by Crippen LogP contribution is -2.10. The summed E-state index contributed by atoms with van der Waals surface area (Å²) in [6.45, 7) is 6.01. The SMILES string of the molecule is CCCCCCC(O)CCCCCCCCCCC(=O)OCCOCCCC. The molecule has 28 heavy (non-hydrogen) atoms. The number of hydrogen-bond donors (Lipinski definition) is 1. The van der Waals surface area contributed by atoms with Gasteiger partial charge in [-0.05, 0) is 25.7 Å². The number of hydrogen-bond acceptors (Lipinski definition) is 4. The van der Waals surface area contributed by atoms with Crippen molar-refractivity contribution in [1.29, 1.82) is 0 Å². The van der Waals surface area contributed by atoms with Gasteiger partial charge >= 0.3 is 5.97 Å². The molecule has 168 valence electrons. The second kappa shape index (κ2) is 22.7. The molecule has 1 atom stereocenters. The lowest BCUT2D eigenvalue weighted by molar-refractivity contribution is -0.145. The average molecular weight is 401 g/mol. The van der Waals surface area contributed by atoms with Crippen molar-refractivity contribution in [2.75, 3.05) is 19.8 Å². The van der Waals surface area contributed by atoms with E-state index in [0.717, 1.165) is 51.6 Å². The van der Waals surface area contributed by atoms with Crippen molar-refractivity contribution in [2.45, 2.75) is 129 Å². The molecule has 0 aromatic carbocycles. The molecular weight excluding hydrogens is 352 g/mol. The van der Waals surface area contributed by atoms with Crippen LogP contribution < -0.4 is 0 Å². The molecule has 0 radical (unpaired) electrons. The molecule has 0 aliphatic rings. The van der Waals surface area contributed by atoms with Gasteiger partial charge in [-0.1, -0.05) is 90.9 Å². The summed E-state index contributed by atoms with van der Waals surface area (Å²) in [6.07, 6.45) is 19.0. The van der Waals surface area contributed by atoms with Crippen molar-refractivity contribution < 1.29 is 19.4 Å². The van der Waals surface area contributed by atoms with Crippen LogP contribution in [0.2, 0.25) is 0 Å². The van der Waals surface area contributed by atoms with Gasteiger partial charge in [0.15, 0.2) is 0 Å². The Kier molecular flexibility index (Phi) is 22.2. The minimum atomic E-state index is -0.0904. The second-order valence-corrected chi connectivity index (χ2v) is 8.06. The highest BCUT2D eigenvalue weighted by Gasteiger charge is 2.04. The van der Waals surface area contributed by atoms with E-state index in [1.807, 2.05) is 0 Å². The van der Waals surface area contributed by atoms with Gasteiger partial charge in [-0.25, -0.2) is 0 Å². The van der Waals surface area contributed by atoms with E-state index >= 15 is 0 Å². The lowest BCUT2D eigenvalue weighted by atomic mass is 10.0. The van der Waals surface area contributed by atoms with E-state index in [1.54, 1.807) is 0 Å². The van der Waals surface area contributed by atoms with Crippen LogP contribution in [0.15, 0.2) is 0 Å². The summed E-state index contributed by atoms with van der Waals surface area (Å²) in [5.74, 6) is -0.0904. The molecule has 0 amide bonds. The quantitative estimate of drug-likeness (QED) is 0.165. The van der Waals surface area contributed by atoms with Crippen molar-refractivity contribution in [3.05, 3.63) is 0 Å². The van der Waals surface area contributed by atoms with Gasteiger partial charge < -0.3 is 14.6 Å². The van der Waals surface area contributed by atoms with Crippen LogP contribution in [-0.2, 0) is 14.3 Å². The maximum Gasteiger partial charge on any atom is 0.305 e. The first kappa shape index (κ1) is 27.4. The van der Waals surface area contributed by atoms with E-state index in [-0.39, 0.29) is 12.1 Å². The summed E-state index contributed by atoms with van der Waals surface area (Å²) in [5, 5.41) is 9.95. The minimum absolute atomic E-state index is 0.0838. The van der Waals surface area contributed by atoms with Crippen molar-refractivity contribution >= 4 is 5.97 Å². The van der Waals surface area contributed by atoms with Gasteiger partial charge in [-0.15, -0.1) is 0 Å². The highest BCUT2D eigenvalue weighted by atomic mass is 16.6. The number of carbonyl (C=O) groups excluding carboxylic acids is 1. The molecule has 0 bridgehead atoms. The number of rotatable bonds is 22. The monoisotopic (exact) mass is 400 g/mol. The number of unbranched alkanes of at least 4 members (excludes halogenated alkanes) is 11. The van der Waals surface area contributed by atoms with Gasteiger partial charge in [-0.2, -0.15) is 0 Å². The smallest absolute Gasteiger partial charge is 0.305 e. The zero-order valence-electron chi connectivity index (χ0n) is 18.9. The van der Waals surface area contributed by atoms with Gasteiger partial charge in [0.2, 0.25) is 0 Å². The molecule has 0 fully saturated rings. The zero-order chi connectivity index (χ0) is 20.7. The van der Waals surface area contributed by atoms with Gasteiger partial charge in [0.25, 0.3) is 0 Å². The summed E-state index contributed by atoms with van der Waals surface area (Å²) >= 11 is 0. The first-order chi connectivity index (χ1) is 13.7. The highest BCUT2D eigenvalue weighted by Crippen LogP contribution is 2.14. The van der Waals surface area contributed by atoms with Crippen LogP contribution in [0.3, 0.4) is 0 Å². The third-order valence-electron chi connectivity index (χ3n) is 5.19. The van der Waals surface area contributed by atoms with Crippen LogP contribution in [0, 0.1) is 0 Å². The molecule has 0 aliphatic carbocycles. The van der Waals surface area contributed by atoms with E-state index in [1.165, 1.54) is 57.8 Å². The van der Waals surface area contributed by atoms with E-state index in [9.17, 15) is 9.90 Å². The molecule has 4 nitrogen and oxygen atoms in total. The third kappa shape index (κ3) is 21.7. The Labute approximate surface area is 174 Å². The standard InChI is InChI=1S/C24H48O4/c1-3-5-7-14-17-23(25)18-15-12-10-8-9-11-13-16-19-24(26)28-22-21-27-20-6-4-2/h23,25H,3-22H2,1-2H3. The van der Waals surface area contributed by atoms with Crippen molar-refractivity contribution in [3.8, 4) is 0 Å². The molecule has 4 heteroatoms. The molecule has 0 aliphatic heterocycles. The number of esters is 1. The van der Waals surface area contributed by atoms with Gasteiger partial charge in [0.05, 0.1) is 12.7 Å². The summed E-state index contributed by atoms with van der Waals surface area (Å²) in [6, 6.07) is 0. The molecule has 1 unspecified atom stereocenters. The molecule has 0 spiro atoms. The van der Waals surface area contributed by atoms with Crippen LogP contribution in [0.1, 0.15) is 123 Å². The zero-order valence-corrected chi connectivity index (χ0v) is 18.9. The predicted molar refractivity (Wildman–Crippen MR) is 118 cm³/mol. The lowest BCUT2D eigenvalue weighted by Gasteiger charge is -2.10. The molecule has 0 saturated heterocycles. The fourth-order valence-electron chi connectivity index (χ4n) is 3.30. The first-order valence-corrected chi connectivity index (χ1v) is 12.1. The van der Waals surface area contributed by atoms with Gasteiger partial charge in [0, 0.05) is 13.0 Å². The largest absolute Gasteiger partial charge is 0.463 e. The summed E-state index contributed by atoms with van der Waals surface area (Å²) < 4.78 is 10.5. The van der Waals surface area contributed by atoms with Crippen LogP contribution in [-0.4, -0.2) is 37.0 Å². The summed E-state index contributed by atoms with van der Waals surface area (Å²) in [7, 11) is 0. The molecule has 0 aromatic heterocycles. The van der Waals surface area contributed by atoms with Crippen LogP contribution >= 0.6 is 0 Å². The third-order valence-corrected chi connectivity index (χ3v) is 5.19. The van der Waals surface area contributed by atoms with E-state index in [4.69, 9.17) is 9.47 Å². The predicted octanol–water partition coefficient (Wildman–Crippen LogP) is 6.58. The molecule has 0 rings (SSSR count). The average Bonchev–Trinajstić information content (AvgIpc) is 2.69. The maximum atomic E-state index is 11.6. The fraction of sp³-hybridized carbons (Fsp3) is 0.958. The van der Waals surface area contributed by atoms with Crippen LogP contribution in [0.5, 0.6) is 0 Å². The summed E-state index contributed by atoms with van der Waals surface area (Å²) in [4.78, 5) is 11.6. The topological polar surface area (TPSA) is 55.8 Å². The second-order valence-electron chi connectivity index (χ2n) is 8.06. The van der Waals surface area contributed by atoms with Crippen LogP contribution in [0.4, 0.5) is 0 Å². The molecule has 0 aromatic rings. The number of aliphatic hydroxyl groups is 1. The Morgan fingerprint density at radius 2 is 1.21 bits per heavy atom. The Balaban J connectivity index is 3.21. The van der Waals surface area contributed by atoms with Gasteiger partial charge in [0.1, 0.15) is 6.61 Å². The van der Waals surface area contributed by atoms with Crippen molar-refractivity contribution in [2.24, 2.45) is 0 Å². The van der Waals surface area contributed by atoms with Crippen molar-refractivity contribution in [1.82, 2.24) is 0 Å². The van der Waals surface area contributed by atoms with Crippen molar-refractivity contribution in [3.63, 3.8) is 0 Å². The van der Waals surface area contributed by atoms with E-state index in [2.05, 4.69) is 13.8 Å². The van der Waals surface area contributed by atoms with E-state index in [0.29, 0.717) is 19.6 Å². The Morgan fingerprint density at radius 1 is 0.679 bits per heavy atom. The molecule has 1 N–H and O–H groups in total. The number of ether oxygens (including phenoxy) is 2. The van der Waals surface area contributed by atoms with E-state index < -0.39 is 0 Å². The number of aliphatic hydroxyl groups excluding tert-OH is 1. The number of carbonyl (C=O) groups is 1. The Hall–Kier alpha value is -0.610. The molecular formula is C24H48O4. The van der Waals surface area contributed by atoms with Gasteiger partial charge in [-0.3, -0.25) is 4.79 Å². The Bertz CT molecular complexity index is 320. The fourth-order valence-corrected chi connectivity index (χ4v) is 3.30. The first-order valence-electron chi connectivity index (χ1n) is 12.1. The normalized spacial score (nSPS) is 12.2. The highest BCUT2D eigenvalue weighted by molar-refractivity contribution is 5.69. The maximum absolute atomic E-state index is 11.6. The Morgan fingerprint density at radius 3 is 1.82 bits per heavy atom. The van der Waals surface area contributed by atoms with Crippen LogP contribution in [0.25, 0.3) is 0 Å². The molecule has 0 heterocycles.